The van der Waals surface area contributed by atoms with Crippen LogP contribution in [0.5, 0.6) is 0 Å². The smallest absolute Gasteiger partial charge is 0.410 e. The van der Waals surface area contributed by atoms with Gasteiger partial charge in [-0.05, 0) is 72.4 Å². The molecule has 0 saturated carbocycles. The molecule has 1 spiro atoms. The fraction of sp³-hybridized carbons (Fsp3) is 0.714. The van der Waals surface area contributed by atoms with Crippen LogP contribution in [0.3, 0.4) is 0 Å². The summed E-state index contributed by atoms with van der Waals surface area (Å²) in [7, 11) is 0. The number of amides is 1. The molecule has 1 fully saturated rings. The van der Waals surface area contributed by atoms with Gasteiger partial charge < -0.3 is 14.2 Å². The number of fused-ring (bicyclic) bond motifs is 1. The van der Waals surface area contributed by atoms with Crippen molar-refractivity contribution < 1.29 is 18.5 Å². The lowest BCUT2D eigenvalue weighted by Crippen LogP contribution is -2.51. The van der Waals surface area contributed by atoms with Crippen LogP contribution in [0.25, 0.3) is 0 Å². The maximum atomic E-state index is 13.8. The minimum Gasteiger partial charge on any atom is -0.598 e. The number of pyridine rings is 1. The highest BCUT2D eigenvalue weighted by molar-refractivity contribution is 7.90. The number of rotatable bonds is 2. The Kier molecular flexibility index (Phi) is 5.93. The van der Waals surface area contributed by atoms with Crippen LogP contribution >= 0.6 is 0 Å². The Morgan fingerprint density at radius 2 is 1.93 bits per heavy atom. The molecular formula is C21H32FN3O3S. The molecule has 3 rings (SSSR count). The van der Waals surface area contributed by atoms with Crippen molar-refractivity contribution in [3.63, 3.8) is 0 Å². The van der Waals surface area contributed by atoms with E-state index < -0.39 is 21.7 Å². The highest BCUT2D eigenvalue weighted by Crippen LogP contribution is 2.52. The zero-order valence-corrected chi connectivity index (χ0v) is 19.0. The number of piperidine rings is 1. The van der Waals surface area contributed by atoms with E-state index in [4.69, 9.17) is 4.74 Å². The summed E-state index contributed by atoms with van der Waals surface area (Å²) < 4.78 is 35.0. The minimum absolute atomic E-state index is 0.237. The summed E-state index contributed by atoms with van der Waals surface area (Å²) in [6.45, 7) is 12.4. The highest BCUT2D eigenvalue weighted by atomic mass is 32.2. The van der Waals surface area contributed by atoms with Crippen molar-refractivity contribution in [2.75, 3.05) is 13.1 Å². The highest BCUT2D eigenvalue weighted by Gasteiger charge is 2.52. The predicted molar refractivity (Wildman–Crippen MR) is 111 cm³/mol. The van der Waals surface area contributed by atoms with Crippen LogP contribution in [0.4, 0.5) is 9.18 Å². The second kappa shape index (κ2) is 7.71. The normalized spacial score (nSPS) is 22.5. The van der Waals surface area contributed by atoms with Crippen LogP contribution in [0, 0.1) is 11.2 Å². The zero-order valence-electron chi connectivity index (χ0n) is 18.2. The standard InChI is InChI=1S/C21H32FN3O3S/c1-19(2,3)28-18(26)25-9-7-21(8-10-25)12-14-11-15(22)13-23-16(14)17(21)24-29(27)20(4,5)6/h11,13,17,24H,7-10,12H2,1-6H3. The van der Waals surface area contributed by atoms with Gasteiger partial charge in [0.1, 0.15) is 22.2 Å². The minimum atomic E-state index is -1.29. The molecule has 162 valence electrons. The first-order valence-electron chi connectivity index (χ1n) is 10.1. The fourth-order valence-electron chi connectivity index (χ4n) is 4.06. The van der Waals surface area contributed by atoms with E-state index in [1.165, 1.54) is 12.3 Å². The van der Waals surface area contributed by atoms with E-state index in [1.807, 2.05) is 41.5 Å². The number of nitrogens with one attached hydrogen (secondary N) is 1. The molecule has 0 bridgehead atoms. The average molecular weight is 426 g/mol. The van der Waals surface area contributed by atoms with Gasteiger partial charge in [0.15, 0.2) is 0 Å². The largest absolute Gasteiger partial charge is 0.598 e. The number of hydrogen-bond acceptors (Lipinski definition) is 5. The lowest BCUT2D eigenvalue weighted by Gasteiger charge is -2.43. The number of carbonyl (C=O) groups excluding carboxylic acids is 1. The number of ether oxygens (including phenoxy) is 1. The summed E-state index contributed by atoms with van der Waals surface area (Å²) in [5.74, 6) is -0.359. The van der Waals surface area contributed by atoms with Gasteiger partial charge in [-0.2, -0.15) is 0 Å². The van der Waals surface area contributed by atoms with E-state index >= 15 is 0 Å². The summed E-state index contributed by atoms with van der Waals surface area (Å²) in [5, 5.41) is 0. The second-order valence-corrected chi connectivity index (χ2v) is 12.1. The van der Waals surface area contributed by atoms with Crippen molar-refractivity contribution in [1.82, 2.24) is 14.6 Å². The van der Waals surface area contributed by atoms with Crippen molar-refractivity contribution in [3.05, 3.63) is 29.3 Å². The third-order valence-corrected chi connectivity index (χ3v) is 7.15. The molecule has 1 aromatic heterocycles. The molecule has 1 aromatic rings. The molecule has 1 aliphatic heterocycles. The molecule has 1 aliphatic carbocycles. The van der Waals surface area contributed by atoms with Crippen LogP contribution in [0.1, 0.15) is 71.7 Å². The van der Waals surface area contributed by atoms with Gasteiger partial charge in [-0.15, -0.1) is 4.72 Å². The number of likely N-dealkylation sites (tertiary alicyclic amines) is 1. The van der Waals surface area contributed by atoms with Gasteiger partial charge in [-0.25, -0.2) is 9.18 Å². The van der Waals surface area contributed by atoms with Crippen LogP contribution in [-0.2, 0) is 22.5 Å². The topological polar surface area (TPSA) is 77.5 Å². The number of nitrogens with zero attached hydrogens (tertiary/aromatic N) is 2. The van der Waals surface area contributed by atoms with Gasteiger partial charge in [0.05, 0.1) is 11.9 Å². The van der Waals surface area contributed by atoms with Crippen molar-refractivity contribution >= 4 is 17.5 Å². The van der Waals surface area contributed by atoms with Gasteiger partial charge in [0.2, 0.25) is 0 Å². The Morgan fingerprint density at radius 3 is 2.48 bits per heavy atom. The SMILES string of the molecule is CC(C)(C)OC(=O)N1CCC2(CC1)Cc1cc(F)cnc1C2N[S+]([O-])C(C)(C)C. The van der Waals surface area contributed by atoms with E-state index in [1.54, 1.807) is 4.90 Å². The quantitative estimate of drug-likeness (QED) is 0.728. The molecule has 2 unspecified atom stereocenters. The monoisotopic (exact) mass is 425 g/mol. The maximum absolute atomic E-state index is 13.8. The molecule has 1 saturated heterocycles. The molecule has 8 heteroatoms. The molecule has 0 radical (unpaired) electrons. The van der Waals surface area contributed by atoms with E-state index in [2.05, 4.69) is 9.71 Å². The van der Waals surface area contributed by atoms with Crippen molar-refractivity contribution in [3.8, 4) is 0 Å². The molecule has 2 atom stereocenters. The lowest BCUT2D eigenvalue weighted by atomic mass is 9.73. The zero-order chi connectivity index (χ0) is 21.6. The molecule has 1 N–H and O–H groups in total. The Hall–Kier alpha value is -1.38. The first-order chi connectivity index (χ1) is 13.3. The number of carbonyl (C=O) groups is 1. The molecule has 6 nitrogen and oxygen atoms in total. The number of halogens is 1. The van der Waals surface area contributed by atoms with Crippen LogP contribution in [0.2, 0.25) is 0 Å². The van der Waals surface area contributed by atoms with Crippen LogP contribution in [-0.4, -0.2) is 44.0 Å². The summed E-state index contributed by atoms with van der Waals surface area (Å²) in [5.41, 5.74) is 0.849. The first-order valence-corrected chi connectivity index (χ1v) is 11.3. The molecule has 2 heterocycles. The van der Waals surface area contributed by atoms with Gasteiger partial charge in [-0.1, -0.05) is 0 Å². The Balaban J connectivity index is 1.81. The Bertz CT molecular complexity index is 767. The average Bonchev–Trinajstić information content (AvgIpc) is 2.85. The van der Waals surface area contributed by atoms with E-state index in [9.17, 15) is 13.7 Å². The lowest BCUT2D eigenvalue weighted by molar-refractivity contribution is 0.00705. The van der Waals surface area contributed by atoms with Gasteiger partial charge in [-0.3, -0.25) is 4.98 Å². The van der Waals surface area contributed by atoms with Gasteiger partial charge >= 0.3 is 6.09 Å². The Morgan fingerprint density at radius 1 is 1.31 bits per heavy atom. The van der Waals surface area contributed by atoms with Crippen molar-refractivity contribution in [2.45, 2.75) is 77.2 Å². The summed E-state index contributed by atoms with van der Waals surface area (Å²) in [4.78, 5) is 18.5. The molecule has 29 heavy (non-hydrogen) atoms. The number of hydrogen-bond donors (Lipinski definition) is 1. The van der Waals surface area contributed by atoms with E-state index in [0.29, 0.717) is 32.4 Å². The third kappa shape index (κ3) is 4.86. The summed E-state index contributed by atoms with van der Waals surface area (Å²) >= 11 is -1.29. The number of aromatic nitrogens is 1. The van der Waals surface area contributed by atoms with E-state index in [0.717, 1.165) is 11.3 Å². The summed E-state index contributed by atoms with van der Waals surface area (Å²) in [6, 6.07) is 1.30. The predicted octanol–water partition coefficient (Wildman–Crippen LogP) is 3.89. The van der Waals surface area contributed by atoms with Gasteiger partial charge in [0.25, 0.3) is 0 Å². The molecule has 1 amide bonds. The molecular weight excluding hydrogens is 393 g/mol. The molecule has 2 aliphatic rings. The fourth-order valence-corrected chi connectivity index (χ4v) is 4.99. The third-order valence-electron chi connectivity index (χ3n) is 5.59. The van der Waals surface area contributed by atoms with Gasteiger partial charge in [0, 0.05) is 29.9 Å². The summed E-state index contributed by atoms with van der Waals surface area (Å²) in [6.07, 6.45) is 3.00. The van der Waals surface area contributed by atoms with Crippen molar-refractivity contribution in [1.29, 1.82) is 0 Å². The van der Waals surface area contributed by atoms with Crippen molar-refractivity contribution in [2.24, 2.45) is 5.41 Å². The van der Waals surface area contributed by atoms with Crippen LogP contribution < -0.4 is 4.72 Å². The first kappa shape index (κ1) is 22.3. The maximum Gasteiger partial charge on any atom is 0.410 e. The molecule has 0 aromatic carbocycles. The van der Waals surface area contributed by atoms with E-state index in [-0.39, 0.29) is 23.4 Å². The van der Waals surface area contributed by atoms with Crippen LogP contribution in [0.15, 0.2) is 12.3 Å². The second-order valence-electron chi connectivity index (χ2n) is 10.1. The Labute approximate surface area is 175 Å².